The van der Waals surface area contributed by atoms with Crippen LogP contribution in [-0.2, 0) is 4.79 Å². The van der Waals surface area contributed by atoms with Gasteiger partial charge in [0.2, 0.25) is 5.91 Å². The molecular formula is C28H28Cl2FN5O3. The first kappa shape index (κ1) is 28.3. The van der Waals surface area contributed by atoms with Crippen LogP contribution in [0.1, 0.15) is 25.3 Å². The summed E-state index contributed by atoms with van der Waals surface area (Å²) in [5.41, 5.74) is 1.10. The number of hydrogen-bond acceptors (Lipinski definition) is 7. The Morgan fingerprint density at radius 2 is 2.13 bits per heavy atom. The maximum Gasteiger partial charge on any atom is 0.248 e. The average Bonchev–Trinajstić information content (AvgIpc) is 2.92. The highest BCUT2D eigenvalue weighted by Crippen LogP contribution is 2.39. The summed E-state index contributed by atoms with van der Waals surface area (Å²) in [5, 5.41) is 13.1. The lowest BCUT2D eigenvalue weighted by Crippen LogP contribution is -2.43. The van der Waals surface area contributed by atoms with Crippen LogP contribution in [0.25, 0.3) is 10.9 Å². The topological polar surface area (TPSA) is 90.7 Å². The number of rotatable bonds is 8. The molecule has 1 saturated heterocycles. The number of anilines is 2. The SMILES string of the molecule is CCOc1cc2ncc(C#N)c(Nc3ccc(Cl)c(Cl)c3F)c2cc1OC1CCCN(C(=O)/C=C/N(C)C)C1. The monoisotopic (exact) mass is 571 g/mol. The van der Waals surface area contributed by atoms with Gasteiger partial charge in [0.1, 0.15) is 12.2 Å². The number of nitrogens with one attached hydrogen (secondary N) is 1. The maximum atomic E-state index is 14.9. The zero-order chi connectivity index (χ0) is 28.1. The molecule has 0 saturated carbocycles. The number of carbonyl (C=O) groups excluding carboxylic acids is 1. The molecule has 0 spiro atoms. The van der Waals surface area contributed by atoms with Crippen LogP contribution in [0, 0.1) is 17.1 Å². The summed E-state index contributed by atoms with van der Waals surface area (Å²) in [6, 6.07) is 8.45. The van der Waals surface area contributed by atoms with E-state index in [1.165, 1.54) is 18.3 Å². The lowest BCUT2D eigenvalue weighted by molar-refractivity contribution is -0.128. The molecule has 0 bridgehead atoms. The number of benzene rings is 2. The Morgan fingerprint density at radius 3 is 2.85 bits per heavy atom. The van der Waals surface area contributed by atoms with Crippen molar-refractivity contribution >= 4 is 51.4 Å². The minimum Gasteiger partial charge on any atom is -0.490 e. The second kappa shape index (κ2) is 12.4. The fourth-order valence-corrected chi connectivity index (χ4v) is 4.58. The molecule has 1 aliphatic heterocycles. The van der Waals surface area contributed by atoms with Crippen LogP contribution in [0.2, 0.25) is 10.0 Å². The van der Waals surface area contributed by atoms with E-state index in [1.54, 1.807) is 34.2 Å². The summed E-state index contributed by atoms with van der Waals surface area (Å²) in [7, 11) is 3.71. The Kier molecular flexibility index (Phi) is 9.00. The molecule has 204 valence electrons. The first-order valence-electron chi connectivity index (χ1n) is 12.4. The summed E-state index contributed by atoms with van der Waals surface area (Å²) in [4.78, 5) is 20.6. The number of likely N-dealkylation sites (tertiary alicyclic amines) is 1. The van der Waals surface area contributed by atoms with Gasteiger partial charge in [0.25, 0.3) is 0 Å². The molecule has 1 aromatic heterocycles. The molecule has 2 aromatic carbocycles. The first-order valence-corrected chi connectivity index (χ1v) is 13.2. The van der Waals surface area contributed by atoms with Crippen LogP contribution in [0.4, 0.5) is 15.8 Å². The van der Waals surface area contributed by atoms with Gasteiger partial charge >= 0.3 is 0 Å². The molecule has 1 fully saturated rings. The van der Waals surface area contributed by atoms with E-state index >= 15 is 0 Å². The minimum absolute atomic E-state index is 0.0527. The molecule has 1 atom stereocenters. The van der Waals surface area contributed by atoms with Crippen molar-refractivity contribution in [2.24, 2.45) is 0 Å². The van der Waals surface area contributed by atoms with E-state index in [4.69, 9.17) is 32.7 Å². The van der Waals surface area contributed by atoms with Crippen molar-refractivity contribution < 1.29 is 18.7 Å². The molecule has 4 rings (SSSR count). The van der Waals surface area contributed by atoms with Gasteiger partial charge in [0, 0.05) is 50.6 Å². The number of pyridine rings is 1. The Morgan fingerprint density at radius 1 is 1.33 bits per heavy atom. The molecule has 3 aromatic rings. The number of nitriles is 1. The van der Waals surface area contributed by atoms with Crippen LogP contribution in [0.5, 0.6) is 11.5 Å². The van der Waals surface area contributed by atoms with Crippen molar-refractivity contribution in [1.29, 1.82) is 5.26 Å². The number of piperidine rings is 1. The van der Waals surface area contributed by atoms with E-state index in [9.17, 15) is 14.4 Å². The molecule has 1 unspecified atom stereocenters. The summed E-state index contributed by atoms with van der Waals surface area (Å²) in [6.07, 6.45) is 5.92. The summed E-state index contributed by atoms with van der Waals surface area (Å²) >= 11 is 11.9. The molecular weight excluding hydrogens is 544 g/mol. The van der Waals surface area contributed by atoms with Gasteiger partial charge in [-0.2, -0.15) is 5.26 Å². The van der Waals surface area contributed by atoms with Gasteiger partial charge in [0.05, 0.1) is 45.7 Å². The van der Waals surface area contributed by atoms with E-state index in [-0.39, 0.29) is 33.3 Å². The van der Waals surface area contributed by atoms with E-state index < -0.39 is 5.82 Å². The third kappa shape index (κ3) is 6.47. The Hall–Kier alpha value is -3.74. The highest BCUT2D eigenvalue weighted by atomic mass is 35.5. The van der Waals surface area contributed by atoms with Gasteiger partial charge in [-0.1, -0.05) is 23.2 Å². The number of carbonyl (C=O) groups is 1. The smallest absolute Gasteiger partial charge is 0.248 e. The largest absolute Gasteiger partial charge is 0.490 e. The zero-order valence-electron chi connectivity index (χ0n) is 21.8. The predicted octanol–water partition coefficient (Wildman–Crippen LogP) is 6.14. The van der Waals surface area contributed by atoms with Gasteiger partial charge in [-0.15, -0.1) is 0 Å². The second-order valence-corrected chi connectivity index (χ2v) is 9.99. The number of nitrogens with zero attached hydrogens (tertiary/aromatic N) is 4. The third-order valence-electron chi connectivity index (χ3n) is 6.15. The van der Waals surface area contributed by atoms with Gasteiger partial charge in [-0.05, 0) is 38.0 Å². The molecule has 2 heterocycles. The summed E-state index contributed by atoms with van der Waals surface area (Å²) in [6.45, 7) is 3.31. The van der Waals surface area contributed by atoms with Crippen molar-refractivity contribution in [2.75, 3.05) is 39.1 Å². The van der Waals surface area contributed by atoms with Crippen molar-refractivity contribution in [3.05, 3.63) is 64.2 Å². The highest BCUT2D eigenvalue weighted by Gasteiger charge is 2.26. The van der Waals surface area contributed by atoms with E-state index in [0.717, 1.165) is 12.8 Å². The average molecular weight is 572 g/mol. The molecule has 8 nitrogen and oxygen atoms in total. The lowest BCUT2D eigenvalue weighted by Gasteiger charge is -2.32. The maximum absolute atomic E-state index is 14.9. The summed E-state index contributed by atoms with van der Waals surface area (Å²) in [5.74, 6) is 0.0844. The number of fused-ring (bicyclic) bond motifs is 1. The van der Waals surface area contributed by atoms with E-state index in [1.807, 2.05) is 21.0 Å². The molecule has 1 N–H and O–H groups in total. The standard InChI is InChI=1S/C28H28Cl2FN5O3/c1-4-38-23-13-22-19(12-24(23)39-18-6-5-10-36(16-18)25(37)9-11-35(2)3)28(17(14-32)15-33-22)34-21-8-7-20(29)26(30)27(21)31/h7-9,11-13,15,18H,4-6,10,16H2,1-3H3,(H,33,34)/b11-9+. The fraction of sp³-hybridized carbons (Fsp3) is 0.321. The van der Waals surface area contributed by atoms with Crippen molar-refractivity contribution in [3.8, 4) is 17.6 Å². The molecule has 1 aliphatic rings. The fourth-order valence-electron chi connectivity index (χ4n) is 4.27. The normalized spacial score (nSPS) is 15.3. The Labute approximate surface area is 236 Å². The number of halogens is 3. The van der Waals surface area contributed by atoms with Gasteiger partial charge in [-0.25, -0.2) is 4.39 Å². The minimum atomic E-state index is -0.740. The van der Waals surface area contributed by atoms with Gasteiger partial charge < -0.3 is 24.6 Å². The highest BCUT2D eigenvalue weighted by molar-refractivity contribution is 6.42. The van der Waals surface area contributed by atoms with E-state index in [2.05, 4.69) is 16.4 Å². The van der Waals surface area contributed by atoms with Crippen LogP contribution in [0.3, 0.4) is 0 Å². The van der Waals surface area contributed by atoms with Crippen LogP contribution < -0.4 is 14.8 Å². The molecule has 0 radical (unpaired) electrons. The quantitative estimate of drug-likeness (QED) is 0.256. The zero-order valence-corrected chi connectivity index (χ0v) is 23.3. The molecule has 39 heavy (non-hydrogen) atoms. The summed E-state index contributed by atoms with van der Waals surface area (Å²) < 4.78 is 27.1. The lowest BCUT2D eigenvalue weighted by atomic mass is 10.1. The second-order valence-electron chi connectivity index (χ2n) is 9.20. The van der Waals surface area contributed by atoms with Crippen LogP contribution >= 0.6 is 23.2 Å². The van der Waals surface area contributed by atoms with Crippen molar-refractivity contribution in [3.63, 3.8) is 0 Å². The van der Waals surface area contributed by atoms with Crippen molar-refractivity contribution in [2.45, 2.75) is 25.9 Å². The third-order valence-corrected chi connectivity index (χ3v) is 6.93. The van der Waals surface area contributed by atoms with Crippen molar-refractivity contribution in [1.82, 2.24) is 14.8 Å². The van der Waals surface area contributed by atoms with Crippen LogP contribution in [-0.4, -0.2) is 60.6 Å². The van der Waals surface area contributed by atoms with Crippen LogP contribution in [0.15, 0.2) is 42.7 Å². The first-order chi connectivity index (χ1) is 18.7. The van der Waals surface area contributed by atoms with E-state index in [0.29, 0.717) is 47.8 Å². The molecule has 1 amide bonds. The number of ether oxygens (including phenoxy) is 2. The molecule has 11 heteroatoms. The number of amides is 1. The predicted molar refractivity (Wildman–Crippen MR) is 150 cm³/mol. The number of aromatic nitrogens is 1. The Balaban J connectivity index is 1.71. The Bertz CT molecular complexity index is 1460. The molecule has 0 aliphatic carbocycles. The van der Waals surface area contributed by atoms with Gasteiger partial charge in [0.15, 0.2) is 17.3 Å². The van der Waals surface area contributed by atoms with Gasteiger partial charge in [-0.3, -0.25) is 9.78 Å². The number of hydrogen-bond donors (Lipinski definition) is 1.